The zero-order chi connectivity index (χ0) is 22.6. The van der Waals surface area contributed by atoms with Crippen molar-refractivity contribution in [1.82, 2.24) is 0 Å². The van der Waals surface area contributed by atoms with E-state index in [2.05, 4.69) is 26.0 Å². The van der Waals surface area contributed by atoms with E-state index in [1.807, 2.05) is 19.1 Å². The SMILES string of the molecule is Cc1ccc(NS(=O)(=O)c2ccc(OCC(=O)Nc3ccc(Br)cc3F)c(C)c2)cc1. The molecule has 3 aromatic carbocycles. The molecular weight excluding hydrogens is 487 g/mol. The predicted molar refractivity (Wildman–Crippen MR) is 121 cm³/mol. The van der Waals surface area contributed by atoms with Crippen LogP contribution in [0.4, 0.5) is 15.8 Å². The van der Waals surface area contributed by atoms with Gasteiger partial charge in [-0.05, 0) is 67.9 Å². The van der Waals surface area contributed by atoms with Crippen LogP contribution in [0.25, 0.3) is 0 Å². The van der Waals surface area contributed by atoms with E-state index >= 15 is 0 Å². The highest BCUT2D eigenvalue weighted by Crippen LogP contribution is 2.24. The standard InChI is InChI=1S/C22H20BrFN2O4S/c1-14-3-6-17(7-4-14)26-31(28,29)18-8-10-21(15(2)11-18)30-13-22(27)25-20-9-5-16(23)12-19(20)24/h3-12,26H,13H2,1-2H3,(H,25,27). The number of halogens is 2. The van der Waals surface area contributed by atoms with Crippen LogP contribution < -0.4 is 14.8 Å². The lowest BCUT2D eigenvalue weighted by Gasteiger charge is -2.13. The fourth-order valence-electron chi connectivity index (χ4n) is 2.71. The quantitative estimate of drug-likeness (QED) is 0.470. The molecule has 9 heteroatoms. The Balaban J connectivity index is 1.64. The van der Waals surface area contributed by atoms with Crippen LogP contribution in [0.1, 0.15) is 11.1 Å². The van der Waals surface area contributed by atoms with Gasteiger partial charge in [-0.25, -0.2) is 12.8 Å². The summed E-state index contributed by atoms with van der Waals surface area (Å²) in [6.45, 7) is 3.23. The number of carbonyl (C=O) groups is 1. The van der Waals surface area contributed by atoms with Crippen molar-refractivity contribution in [2.75, 3.05) is 16.6 Å². The van der Waals surface area contributed by atoms with Gasteiger partial charge in [0.25, 0.3) is 15.9 Å². The van der Waals surface area contributed by atoms with Crippen molar-refractivity contribution in [3.63, 3.8) is 0 Å². The summed E-state index contributed by atoms with van der Waals surface area (Å²) in [4.78, 5) is 12.1. The molecule has 0 saturated carbocycles. The lowest BCUT2D eigenvalue weighted by atomic mass is 10.2. The fraction of sp³-hybridized carbons (Fsp3) is 0.136. The van der Waals surface area contributed by atoms with Crippen LogP contribution in [0.15, 0.2) is 70.0 Å². The van der Waals surface area contributed by atoms with Crippen LogP contribution in [0.3, 0.4) is 0 Å². The Morgan fingerprint density at radius 2 is 1.74 bits per heavy atom. The summed E-state index contributed by atoms with van der Waals surface area (Å²) in [5, 5.41) is 2.43. The molecule has 1 amide bonds. The smallest absolute Gasteiger partial charge is 0.262 e. The average Bonchev–Trinajstić information content (AvgIpc) is 2.70. The highest BCUT2D eigenvalue weighted by Gasteiger charge is 2.16. The van der Waals surface area contributed by atoms with E-state index in [-0.39, 0.29) is 17.2 Å². The predicted octanol–water partition coefficient (Wildman–Crippen LogP) is 5.02. The van der Waals surface area contributed by atoms with Gasteiger partial charge in [-0.15, -0.1) is 0 Å². The van der Waals surface area contributed by atoms with Crippen LogP contribution in [-0.2, 0) is 14.8 Å². The minimum absolute atomic E-state index is 0.0390. The molecule has 0 heterocycles. The first kappa shape index (κ1) is 22.8. The van der Waals surface area contributed by atoms with E-state index in [0.717, 1.165) is 5.56 Å². The molecule has 0 radical (unpaired) electrons. The van der Waals surface area contributed by atoms with Crippen LogP contribution in [0, 0.1) is 19.7 Å². The first-order valence-corrected chi connectivity index (χ1v) is 11.5. The van der Waals surface area contributed by atoms with Crippen LogP contribution in [0.5, 0.6) is 5.75 Å². The molecule has 3 aromatic rings. The number of sulfonamides is 1. The Morgan fingerprint density at radius 1 is 1.03 bits per heavy atom. The Hall–Kier alpha value is -2.91. The van der Waals surface area contributed by atoms with Crippen LogP contribution in [0.2, 0.25) is 0 Å². The second-order valence-corrected chi connectivity index (χ2v) is 9.46. The number of anilines is 2. The van der Waals surface area contributed by atoms with E-state index in [1.165, 1.54) is 30.3 Å². The third-order valence-corrected chi connectivity index (χ3v) is 6.20. The van der Waals surface area contributed by atoms with Crippen molar-refractivity contribution in [3.8, 4) is 5.75 Å². The van der Waals surface area contributed by atoms with Crippen molar-refractivity contribution in [2.24, 2.45) is 0 Å². The first-order valence-electron chi connectivity index (χ1n) is 9.22. The molecule has 6 nitrogen and oxygen atoms in total. The fourth-order valence-corrected chi connectivity index (χ4v) is 4.18. The van der Waals surface area contributed by atoms with Gasteiger partial charge in [0.1, 0.15) is 11.6 Å². The molecule has 0 unspecified atom stereocenters. The van der Waals surface area contributed by atoms with Gasteiger partial charge in [-0.2, -0.15) is 0 Å². The lowest BCUT2D eigenvalue weighted by Crippen LogP contribution is -2.21. The van der Waals surface area contributed by atoms with E-state index in [9.17, 15) is 17.6 Å². The molecule has 0 bridgehead atoms. The van der Waals surface area contributed by atoms with E-state index in [1.54, 1.807) is 25.1 Å². The summed E-state index contributed by atoms with van der Waals surface area (Å²) in [6, 6.07) is 15.6. The largest absolute Gasteiger partial charge is 0.483 e. The minimum Gasteiger partial charge on any atom is -0.483 e. The highest BCUT2D eigenvalue weighted by atomic mass is 79.9. The molecule has 0 fully saturated rings. The zero-order valence-electron chi connectivity index (χ0n) is 16.8. The molecule has 0 aromatic heterocycles. The average molecular weight is 507 g/mol. The maximum absolute atomic E-state index is 13.8. The third kappa shape index (κ3) is 6.05. The molecule has 162 valence electrons. The van der Waals surface area contributed by atoms with Crippen LogP contribution >= 0.6 is 15.9 Å². The van der Waals surface area contributed by atoms with Gasteiger partial charge in [0.05, 0.1) is 10.6 Å². The molecule has 0 spiro atoms. The number of benzene rings is 3. The number of carbonyl (C=O) groups excluding carboxylic acids is 1. The number of amides is 1. The molecule has 0 saturated heterocycles. The number of ether oxygens (including phenoxy) is 1. The lowest BCUT2D eigenvalue weighted by molar-refractivity contribution is -0.118. The van der Waals surface area contributed by atoms with Gasteiger partial charge in [0.15, 0.2) is 6.61 Å². The Labute approximate surface area is 188 Å². The topological polar surface area (TPSA) is 84.5 Å². The molecule has 0 aliphatic rings. The van der Waals surface area contributed by atoms with Crippen molar-refractivity contribution in [3.05, 3.63) is 82.1 Å². The van der Waals surface area contributed by atoms with Gasteiger partial charge in [0, 0.05) is 10.2 Å². The summed E-state index contributed by atoms with van der Waals surface area (Å²) >= 11 is 3.15. The van der Waals surface area contributed by atoms with Crippen molar-refractivity contribution in [1.29, 1.82) is 0 Å². The summed E-state index contributed by atoms with van der Waals surface area (Å²) < 4.78 is 47.6. The molecule has 0 atom stereocenters. The molecule has 0 aliphatic heterocycles. The number of aryl methyl sites for hydroxylation is 2. The van der Waals surface area contributed by atoms with Gasteiger partial charge >= 0.3 is 0 Å². The van der Waals surface area contributed by atoms with Crippen molar-refractivity contribution < 1.29 is 22.3 Å². The number of nitrogens with one attached hydrogen (secondary N) is 2. The zero-order valence-corrected chi connectivity index (χ0v) is 19.2. The van der Waals surface area contributed by atoms with Crippen molar-refractivity contribution >= 4 is 43.2 Å². The molecular formula is C22H20BrFN2O4S. The maximum Gasteiger partial charge on any atom is 0.262 e. The Kier molecular flexibility index (Phi) is 6.97. The molecule has 0 aliphatic carbocycles. The van der Waals surface area contributed by atoms with Crippen LogP contribution in [-0.4, -0.2) is 20.9 Å². The number of hydrogen-bond donors (Lipinski definition) is 2. The van der Waals surface area contributed by atoms with Gasteiger partial charge in [0.2, 0.25) is 0 Å². The Morgan fingerprint density at radius 3 is 2.39 bits per heavy atom. The highest BCUT2D eigenvalue weighted by molar-refractivity contribution is 9.10. The first-order chi connectivity index (χ1) is 14.6. The summed E-state index contributed by atoms with van der Waals surface area (Å²) in [7, 11) is -3.78. The summed E-state index contributed by atoms with van der Waals surface area (Å²) in [6.07, 6.45) is 0. The minimum atomic E-state index is -3.78. The molecule has 2 N–H and O–H groups in total. The number of rotatable bonds is 7. The summed E-state index contributed by atoms with van der Waals surface area (Å²) in [5.41, 5.74) is 2.05. The Bertz CT molecular complexity index is 1210. The second kappa shape index (κ2) is 9.49. The van der Waals surface area contributed by atoms with Crippen molar-refractivity contribution in [2.45, 2.75) is 18.7 Å². The molecule has 3 rings (SSSR count). The third-order valence-electron chi connectivity index (χ3n) is 4.32. The normalized spacial score (nSPS) is 11.1. The number of hydrogen-bond acceptors (Lipinski definition) is 4. The second-order valence-electron chi connectivity index (χ2n) is 6.86. The van der Waals surface area contributed by atoms with Gasteiger partial charge in [-0.1, -0.05) is 33.6 Å². The monoisotopic (exact) mass is 506 g/mol. The van der Waals surface area contributed by atoms with Gasteiger partial charge in [-0.3, -0.25) is 9.52 Å². The maximum atomic E-state index is 13.8. The summed E-state index contributed by atoms with van der Waals surface area (Å²) in [5.74, 6) is -0.770. The van der Waals surface area contributed by atoms with Gasteiger partial charge < -0.3 is 10.1 Å². The molecule has 31 heavy (non-hydrogen) atoms. The van der Waals surface area contributed by atoms with E-state index in [0.29, 0.717) is 21.5 Å². The van der Waals surface area contributed by atoms with E-state index < -0.39 is 21.7 Å². The van der Waals surface area contributed by atoms with E-state index in [4.69, 9.17) is 4.74 Å².